The summed E-state index contributed by atoms with van der Waals surface area (Å²) in [5.41, 5.74) is 1.72. The van der Waals surface area contributed by atoms with Gasteiger partial charge in [-0.15, -0.1) is 0 Å². The van der Waals surface area contributed by atoms with Gasteiger partial charge in [0.05, 0.1) is 7.11 Å². The van der Waals surface area contributed by atoms with E-state index in [9.17, 15) is 4.79 Å². The summed E-state index contributed by atoms with van der Waals surface area (Å²) < 4.78 is 5.14. The molecule has 2 rings (SSSR count). The van der Waals surface area contributed by atoms with Crippen LogP contribution in [0, 0.1) is 0 Å². The third-order valence-electron chi connectivity index (χ3n) is 2.85. The van der Waals surface area contributed by atoms with Crippen LogP contribution in [-0.4, -0.2) is 19.4 Å². The average Bonchev–Trinajstić information content (AvgIpc) is 2.48. The number of anilines is 1. The van der Waals surface area contributed by atoms with E-state index in [1.165, 1.54) is 0 Å². The molecule has 0 atom stereocenters. The molecule has 2 aromatic carbocycles. The number of methoxy groups -OCH3 is 1. The Hall–Kier alpha value is -2.29. The Balaban J connectivity index is 1.85. The maximum absolute atomic E-state index is 11.9. The first-order chi connectivity index (χ1) is 9.29. The first kappa shape index (κ1) is 13.1. The average molecular weight is 255 g/mol. The van der Waals surface area contributed by atoms with Crippen LogP contribution in [-0.2, 0) is 0 Å². The number of carbonyl (C=O) groups is 1. The lowest BCUT2D eigenvalue weighted by molar-refractivity contribution is 0.0986. The maximum atomic E-state index is 11.9. The van der Waals surface area contributed by atoms with Crippen molar-refractivity contribution in [3.05, 3.63) is 60.2 Å². The Morgan fingerprint density at radius 1 is 1.11 bits per heavy atom. The summed E-state index contributed by atoms with van der Waals surface area (Å²) in [6.45, 7) is 0.612. The molecule has 98 valence electrons. The van der Waals surface area contributed by atoms with Crippen molar-refractivity contribution in [1.82, 2.24) is 0 Å². The largest absolute Gasteiger partial charge is 0.497 e. The summed E-state index contributed by atoms with van der Waals surface area (Å²) in [7, 11) is 1.64. The van der Waals surface area contributed by atoms with Gasteiger partial charge in [-0.05, 0) is 12.1 Å². The van der Waals surface area contributed by atoms with Gasteiger partial charge < -0.3 is 10.1 Å². The molecule has 0 unspecified atom stereocenters. The summed E-state index contributed by atoms with van der Waals surface area (Å²) >= 11 is 0. The number of benzene rings is 2. The predicted octanol–water partition coefficient (Wildman–Crippen LogP) is 3.38. The van der Waals surface area contributed by atoms with Gasteiger partial charge in [-0.2, -0.15) is 0 Å². The summed E-state index contributed by atoms with van der Waals surface area (Å²) in [4.78, 5) is 11.9. The van der Waals surface area contributed by atoms with Crippen molar-refractivity contribution in [1.29, 1.82) is 0 Å². The van der Waals surface area contributed by atoms with E-state index in [-0.39, 0.29) is 5.78 Å². The van der Waals surface area contributed by atoms with Crippen molar-refractivity contribution < 1.29 is 9.53 Å². The van der Waals surface area contributed by atoms with Crippen LogP contribution in [0.25, 0.3) is 0 Å². The van der Waals surface area contributed by atoms with E-state index in [0.29, 0.717) is 13.0 Å². The second-order valence-electron chi connectivity index (χ2n) is 4.20. The monoisotopic (exact) mass is 255 g/mol. The summed E-state index contributed by atoms with van der Waals surface area (Å²) in [5.74, 6) is 0.954. The second kappa shape index (κ2) is 6.59. The minimum atomic E-state index is 0.149. The maximum Gasteiger partial charge on any atom is 0.164 e. The van der Waals surface area contributed by atoms with Crippen LogP contribution in [0.1, 0.15) is 16.8 Å². The molecule has 3 nitrogen and oxygen atoms in total. The van der Waals surface area contributed by atoms with Crippen molar-refractivity contribution in [2.45, 2.75) is 6.42 Å². The number of ketones is 1. The van der Waals surface area contributed by atoms with Gasteiger partial charge in [-0.3, -0.25) is 4.79 Å². The molecule has 0 aliphatic carbocycles. The number of hydrogen-bond donors (Lipinski definition) is 1. The molecule has 0 aliphatic rings. The molecule has 0 radical (unpaired) electrons. The fourth-order valence-corrected chi connectivity index (χ4v) is 1.82. The molecule has 3 heteroatoms. The Bertz CT molecular complexity index is 537. The third-order valence-corrected chi connectivity index (χ3v) is 2.85. The standard InChI is InChI=1S/C16H17NO2/c1-19-15-9-5-8-14(12-15)17-11-10-16(18)13-6-3-2-4-7-13/h2-9,12,17H,10-11H2,1H3. The van der Waals surface area contributed by atoms with Crippen molar-refractivity contribution >= 4 is 11.5 Å². The van der Waals surface area contributed by atoms with E-state index >= 15 is 0 Å². The highest BCUT2D eigenvalue weighted by Gasteiger charge is 2.04. The minimum Gasteiger partial charge on any atom is -0.497 e. The van der Waals surface area contributed by atoms with Crippen molar-refractivity contribution in [3.63, 3.8) is 0 Å². The first-order valence-corrected chi connectivity index (χ1v) is 6.26. The zero-order valence-corrected chi connectivity index (χ0v) is 10.9. The molecule has 0 saturated carbocycles. The molecule has 0 saturated heterocycles. The Morgan fingerprint density at radius 2 is 1.89 bits per heavy atom. The molecule has 0 spiro atoms. The molecule has 0 fully saturated rings. The Kier molecular flexibility index (Phi) is 4.56. The number of rotatable bonds is 6. The highest BCUT2D eigenvalue weighted by molar-refractivity contribution is 5.96. The van der Waals surface area contributed by atoms with E-state index in [1.807, 2.05) is 54.6 Å². The summed E-state index contributed by atoms with van der Waals surface area (Å²) in [5, 5.41) is 3.22. The van der Waals surface area contributed by atoms with Gasteiger partial charge in [0.1, 0.15) is 5.75 Å². The topological polar surface area (TPSA) is 38.3 Å². The van der Waals surface area contributed by atoms with Crippen molar-refractivity contribution in [2.24, 2.45) is 0 Å². The lowest BCUT2D eigenvalue weighted by Crippen LogP contribution is -2.08. The molecular weight excluding hydrogens is 238 g/mol. The van der Waals surface area contributed by atoms with Crippen molar-refractivity contribution in [3.8, 4) is 5.75 Å². The SMILES string of the molecule is COc1cccc(NCCC(=O)c2ccccc2)c1. The van der Waals surface area contributed by atoms with E-state index in [1.54, 1.807) is 7.11 Å². The van der Waals surface area contributed by atoms with E-state index in [0.717, 1.165) is 17.0 Å². The zero-order valence-electron chi connectivity index (χ0n) is 10.9. The van der Waals surface area contributed by atoms with Crippen LogP contribution in [0.15, 0.2) is 54.6 Å². The van der Waals surface area contributed by atoms with Crippen LogP contribution < -0.4 is 10.1 Å². The molecule has 19 heavy (non-hydrogen) atoms. The lowest BCUT2D eigenvalue weighted by atomic mass is 10.1. The number of Topliss-reactive ketones (excluding diaryl/α,β-unsaturated/α-hetero) is 1. The first-order valence-electron chi connectivity index (χ1n) is 6.26. The van der Waals surface area contributed by atoms with Gasteiger partial charge in [-0.1, -0.05) is 36.4 Å². The van der Waals surface area contributed by atoms with E-state index in [4.69, 9.17) is 4.74 Å². The Labute approximate surface area is 113 Å². The molecule has 0 bridgehead atoms. The van der Waals surface area contributed by atoms with Gasteiger partial charge in [0, 0.05) is 30.3 Å². The third kappa shape index (κ3) is 3.85. The highest BCUT2D eigenvalue weighted by Crippen LogP contribution is 2.16. The molecule has 0 aliphatic heterocycles. The van der Waals surface area contributed by atoms with Crippen molar-refractivity contribution in [2.75, 3.05) is 19.0 Å². The fraction of sp³-hybridized carbons (Fsp3) is 0.188. The lowest BCUT2D eigenvalue weighted by Gasteiger charge is -2.07. The zero-order chi connectivity index (χ0) is 13.5. The normalized spacial score (nSPS) is 9.95. The quantitative estimate of drug-likeness (QED) is 0.804. The van der Waals surface area contributed by atoms with Crippen LogP contribution in [0.2, 0.25) is 0 Å². The number of hydrogen-bond acceptors (Lipinski definition) is 3. The van der Waals surface area contributed by atoms with Crippen LogP contribution in [0.4, 0.5) is 5.69 Å². The van der Waals surface area contributed by atoms with Crippen LogP contribution in [0.3, 0.4) is 0 Å². The minimum absolute atomic E-state index is 0.149. The molecule has 0 heterocycles. The molecular formula is C16H17NO2. The smallest absolute Gasteiger partial charge is 0.164 e. The number of ether oxygens (including phenoxy) is 1. The second-order valence-corrected chi connectivity index (χ2v) is 4.20. The summed E-state index contributed by atoms with van der Waals surface area (Å²) in [6.07, 6.45) is 0.473. The fourth-order valence-electron chi connectivity index (χ4n) is 1.82. The summed E-state index contributed by atoms with van der Waals surface area (Å²) in [6, 6.07) is 17.0. The van der Waals surface area contributed by atoms with Gasteiger partial charge in [0.15, 0.2) is 5.78 Å². The van der Waals surface area contributed by atoms with Gasteiger partial charge in [0.2, 0.25) is 0 Å². The van der Waals surface area contributed by atoms with Crippen LogP contribution >= 0.6 is 0 Å². The van der Waals surface area contributed by atoms with Gasteiger partial charge in [-0.25, -0.2) is 0 Å². The highest BCUT2D eigenvalue weighted by atomic mass is 16.5. The van der Waals surface area contributed by atoms with E-state index in [2.05, 4.69) is 5.32 Å². The molecule has 2 aromatic rings. The number of carbonyl (C=O) groups excluding carboxylic acids is 1. The predicted molar refractivity (Wildman–Crippen MR) is 76.9 cm³/mol. The molecule has 0 amide bonds. The van der Waals surface area contributed by atoms with Gasteiger partial charge in [0.25, 0.3) is 0 Å². The molecule has 0 aromatic heterocycles. The van der Waals surface area contributed by atoms with E-state index < -0.39 is 0 Å². The van der Waals surface area contributed by atoms with Crippen LogP contribution in [0.5, 0.6) is 5.75 Å². The Morgan fingerprint density at radius 3 is 2.63 bits per heavy atom. The number of nitrogens with one attached hydrogen (secondary N) is 1. The molecule has 1 N–H and O–H groups in total. The van der Waals surface area contributed by atoms with Gasteiger partial charge >= 0.3 is 0 Å².